The summed E-state index contributed by atoms with van der Waals surface area (Å²) in [7, 11) is 0. The summed E-state index contributed by atoms with van der Waals surface area (Å²) in [5.41, 5.74) is 7.82. The molecule has 0 fully saturated rings. The number of benzene rings is 2. The van der Waals surface area contributed by atoms with Crippen LogP contribution in [0.15, 0.2) is 53.8 Å². The first-order valence-corrected chi connectivity index (χ1v) is 9.35. The maximum Gasteiger partial charge on any atom is 0.385 e. The van der Waals surface area contributed by atoms with Crippen molar-refractivity contribution in [1.29, 1.82) is 0 Å². The van der Waals surface area contributed by atoms with E-state index in [9.17, 15) is 14.9 Å². The first-order valence-electron chi connectivity index (χ1n) is 8.97. The molecule has 2 aromatic carbocycles. The summed E-state index contributed by atoms with van der Waals surface area (Å²) < 4.78 is 7.09. The highest BCUT2D eigenvalue weighted by molar-refractivity contribution is 6.32. The Morgan fingerprint density at radius 2 is 1.87 bits per heavy atom. The Hall–Kier alpha value is -3.92. The van der Waals surface area contributed by atoms with E-state index in [1.807, 2.05) is 26.0 Å². The summed E-state index contributed by atoms with van der Waals surface area (Å²) in [5, 5.41) is 19.0. The van der Waals surface area contributed by atoms with E-state index < -0.39 is 10.9 Å². The van der Waals surface area contributed by atoms with Gasteiger partial charge in [-0.05, 0) is 55.3 Å². The average molecular weight is 444 g/mol. The summed E-state index contributed by atoms with van der Waals surface area (Å²) in [6.07, 6.45) is 1.55. The van der Waals surface area contributed by atoms with Crippen molar-refractivity contribution in [2.24, 2.45) is 10.9 Å². The molecule has 0 atom stereocenters. The number of hydrogen-bond donors (Lipinski definition) is 1. The number of aryl methyl sites for hydroxylation is 2. The van der Waals surface area contributed by atoms with Gasteiger partial charge in [-0.1, -0.05) is 16.8 Å². The van der Waals surface area contributed by atoms with Gasteiger partial charge in [0.2, 0.25) is 0 Å². The van der Waals surface area contributed by atoms with Gasteiger partial charge in [-0.2, -0.15) is 5.10 Å². The molecule has 160 valence electrons. The van der Waals surface area contributed by atoms with Crippen molar-refractivity contribution in [3.05, 3.63) is 86.2 Å². The Balaban J connectivity index is 1.59. The van der Waals surface area contributed by atoms with Crippen LogP contribution in [0.3, 0.4) is 0 Å². The third kappa shape index (κ3) is 5.37. The molecule has 3 rings (SSSR count). The number of carbonyl (C=O) groups excluding carboxylic acids is 1. The molecule has 3 aromatic rings. The molecule has 0 saturated carbocycles. The summed E-state index contributed by atoms with van der Waals surface area (Å²) >= 11 is 6.14. The van der Waals surface area contributed by atoms with Gasteiger partial charge in [-0.3, -0.25) is 10.1 Å². The van der Waals surface area contributed by atoms with Crippen LogP contribution in [0.2, 0.25) is 5.02 Å². The van der Waals surface area contributed by atoms with Crippen LogP contribution < -0.4 is 10.5 Å². The van der Waals surface area contributed by atoms with Crippen molar-refractivity contribution in [1.82, 2.24) is 9.78 Å². The zero-order valence-corrected chi connectivity index (χ0v) is 17.4. The quantitative estimate of drug-likeness (QED) is 0.194. The van der Waals surface area contributed by atoms with Gasteiger partial charge < -0.3 is 15.3 Å². The first kappa shape index (κ1) is 21.8. The van der Waals surface area contributed by atoms with Crippen LogP contribution in [0.5, 0.6) is 5.75 Å². The Morgan fingerprint density at radius 1 is 1.23 bits per heavy atom. The molecular weight excluding hydrogens is 426 g/mol. The minimum absolute atomic E-state index is 0.00677. The first-order chi connectivity index (χ1) is 14.7. The van der Waals surface area contributed by atoms with Crippen molar-refractivity contribution in [3.63, 3.8) is 0 Å². The third-order valence-corrected chi connectivity index (χ3v) is 4.82. The number of aromatic nitrogens is 2. The Kier molecular flexibility index (Phi) is 6.51. The number of oxime groups is 1. The molecule has 0 amide bonds. The van der Waals surface area contributed by atoms with Crippen molar-refractivity contribution in [2.45, 2.75) is 20.6 Å². The number of hydrogen-bond acceptors (Lipinski definition) is 7. The van der Waals surface area contributed by atoms with E-state index in [2.05, 4.69) is 10.3 Å². The van der Waals surface area contributed by atoms with Gasteiger partial charge in [0, 0.05) is 28.9 Å². The number of nitro benzene ring substituents is 1. The Bertz CT molecular complexity index is 1130. The fourth-order valence-electron chi connectivity index (χ4n) is 2.62. The summed E-state index contributed by atoms with van der Waals surface area (Å²) in [5.74, 6) is -0.305. The number of carbonyl (C=O) groups is 1. The van der Waals surface area contributed by atoms with Gasteiger partial charge in [-0.15, -0.1) is 0 Å². The number of ether oxygens (including phenoxy) is 1. The molecule has 10 nitrogen and oxygen atoms in total. The van der Waals surface area contributed by atoms with Crippen LogP contribution in [0.1, 0.15) is 27.2 Å². The molecular formula is C20H18ClN5O5. The molecule has 11 heteroatoms. The molecule has 2 N–H and O–H groups in total. The van der Waals surface area contributed by atoms with E-state index in [1.54, 1.807) is 6.20 Å². The molecule has 0 saturated heterocycles. The normalized spacial score (nSPS) is 11.3. The molecule has 0 unspecified atom stereocenters. The Morgan fingerprint density at radius 3 is 2.48 bits per heavy atom. The topological polar surface area (TPSA) is 135 Å². The third-order valence-electron chi connectivity index (χ3n) is 4.22. The lowest BCUT2D eigenvalue weighted by molar-refractivity contribution is -0.384. The van der Waals surface area contributed by atoms with Crippen LogP contribution in [-0.4, -0.2) is 26.5 Å². The van der Waals surface area contributed by atoms with Crippen molar-refractivity contribution in [3.8, 4) is 5.75 Å². The van der Waals surface area contributed by atoms with Gasteiger partial charge in [0.15, 0.2) is 18.3 Å². The van der Waals surface area contributed by atoms with Gasteiger partial charge >= 0.3 is 5.97 Å². The van der Waals surface area contributed by atoms with E-state index in [0.29, 0.717) is 16.3 Å². The number of amidine groups is 1. The maximum absolute atomic E-state index is 12.1. The molecule has 0 aliphatic rings. The number of nitrogens with zero attached hydrogens (tertiary/aromatic N) is 4. The van der Waals surface area contributed by atoms with Gasteiger partial charge in [-0.25, -0.2) is 9.48 Å². The highest BCUT2D eigenvalue weighted by Gasteiger charge is 2.13. The average Bonchev–Trinajstić information content (AvgIpc) is 3.23. The molecule has 1 aromatic heterocycles. The maximum atomic E-state index is 12.1. The second-order valence-corrected chi connectivity index (χ2v) is 6.92. The van der Waals surface area contributed by atoms with Crippen LogP contribution in [-0.2, 0) is 11.6 Å². The second kappa shape index (κ2) is 9.26. The molecule has 0 bridgehead atoms. The molecule has 0 aliphatic heterocycles. The van der Waals surface area contributed by atoms with Crippen molar-refractivity contribution in [2.75, 3.05) is 0 Å². The van der Waals surface area contributed by atoms with E-state index in [1.165, 1.54) is 35.0 Å². The second-order valence-electron chi connectivity index (χ2n) is 6.54. The lowest BCUT2D eigenvalue weighted by atomic mass is 10.1. The van der Waals surface area contributed by atoms with E-state index in [-0.39, 0.29) is 23.9 Å². The number of nitrogens with two attached hydrogens (primary N) is 1. The summed E-state index contributed by atoms with van der Waals surface area (Å²) in [6, 6.07) is 10.4. The van der Waals surface area contributed by atoms with Gasteiger partial charge in [0.1, 0.15) is 5.75 Å². The smallest absolute Gasteiger partial charge is 0.385 e. The lowest BCUT2D eigenvalue weighted by Crippen LogP contribution is -2.15. The molecule has 31 heavy (non-hydrogen) atoms. The van der Waals surface area contributed by atoms with E-state index in [4.69, 9.17) is 26.9 Å². The largest absolute Gasteiger partial charge is 0.471 e. The zero-order valence-electron chi connectivity index (χ0n) is 16.6. The van der Waals surface area contributed by atoms with E-state index >= 15 is 0 Å². The highest BCUT2D eigenvalue weighted by atomic mass is 35.5. The SMILES string of the molecule is Cc1cc(OCn2ccc(C(=O)O/N=C(\N)c3ccc([N+](=O)[O-])cc3)n2)cc(C)c1Cl. The van der Waals surface area contributed by atoms with E-state index in [0.717, 1.165) is 11.1 Å². The van der Waals surface area contributed by atoms with Crippen LogP contribution >= 0.6 is 11.6 Å². The fourth-order valence-corrected chi connectivity index (χ4v) is 2.73. The summed E-state index contributed by atoms with van der Waals surface area (Å²) in [6.45, 7) is 3.84. The van der Waals surface area contributed by atoms with Crippen LogP contribution in [0, 0.1) is 24.0 Å². The highest BCUT2D eigenvalue weighted by Crippen LogP contribution is 2.26. The summed E-state index contributed by atoms with van der Waals surface area (Å²) in [4.78, 5) is 27.1. The number of halogens is 1. The number of non-ortho nitro benzene ring substituents is 1. The molecule has 0 aliphatic carbocycles. The van der Waals surface area contributed by atoms with Crippen LogP contribution in [0.4, 0.5) is 5.69 Å². The molecule has 1 heterocycles. The predicted octanol–water partition coefficient (Wildman–Crippen LogP) is 3.58. The fraction of sp³-hybridized carbons (Fsp3) is 0.150. The molecule has 0 spiro atoms. The zero-order chi connectivity index (χ0) is 22.5. The lowest BCUT2D eigenvalue weighted by Gasteiger charge is -2.09. The van der Waals surface area contributed by atoms with Crippen molar-refractivity contribution < 1.29 is 19.3 Å². The minimum atomic E-state index is -0.818. The van der Waals surface area contributed by atoms with Gasteiger partial charge in [0.05, 0.1) is 4.92 Å². The Labute approximate surface area is 182 Å². The minimum Gasteiger partial charge on any atom is -0.471 e. The van der Waals surface area contributed by atoms with Crippen molar-refractivity contribution >= 4 is 29.1 Å². The van der Waals surface area contributed by atoms with Gasteiger partial charge in [0.25, 0.3) is 5.69 Å². The monoisotopic (exact) mass is 443 g/mol. The predicted molar refractivity (Wildman–Crippen MR) is 113 cm³/mol. The standard InChI is InChI=1S/C20H18ClN5O5/c1-12-9-16(10-13(2)18(12)21)30-11-25-8-7-17(23-25)20(27)31-24-19(22)14-3-5-15(6-4-14)26(28)29/h3-10H,11H2,1-2H3,(H2,22,24). The number of rotatable bonds is 7. The van der Waals surface area contributed by atoms with Crippen LogP contribution in [0.25, 0.3) is 0 Å². The number of nitro groups is 1. The molecule has 0 radical (unpaired) electrons.